The Balaban J connectivity index is 1.78. The van der Waals surface area contributed by atoms with Crippen molar-refractivity contribution in [2.45, 2.75) is 44.5 Å². The number of thioether (sulfide) groups is 2. The number of aliphatic hydroxyl groups is 1. The van der Waals surface area contributed by atoms with Crippen LogP contribution in [0.15, 0.2) is 25.5 Å². The Hall–Kier alpha value is -0.670. The van der Waals surface area contributed by atoms with E-state index in [9.17, 15) is 0 Å². The minimum atomic E-state index is -0.129. The van der Waals surface area contributed by atoms with Gasteiger partial charge in [-0.25, -0.2) is 9.98 Å². The Labute approximate surface area is 163 Å². The first-order chi connectivity index (χ1) is 12.5. The second-order valence-corrected chi connectivity index (χ2v) is 9.20. The first kappa shape index (κ1) is 20.1. The van der Waals surface area contributed by atoms with E-state index in [-0.39, 0.29) is 17.5 Å². The van der Waals surface area contributed by atoms with Gasteiger partial charge in [-0.3, -0.25) is 4.99 Å². The molecule has 0 amide bonds. The molecule has 8 heteroatoms. The second-order valence-electron chi connectivity index (χ2n) is 6.94. The summed E-state index contributed by atoms with van der Waals surface area (Å²) in [5.74, 6) is 1.83. The lowest BCUT2D eigenvalue weighted by molar-refractivity contribution is -0.00941. The van der Waals surface area contributed by atoms with Gasteiger partial charge in [-0.1, -0.05) is 18.7 Å². The first-order valence-electron chi connectivity index (χ1n) is 9.10. The van der Waals surface area contributed by atoms with Crippen molar-refractivity contribution in [3.05, 3.63) is 10.5 Å². The van der Waals surface area contributed by atoms with Gasteiger partial charge in [-0.05, 0) is 25.2 Å². The number of hydrogen-bond donors (Lipinski definition) is 1. The smallest absolute Gasteiger partial charge is 0.189 e. The van der Waals surface area contributed by atoms with E-state index in [0.29, 0.717) is 26.4 Å². The molecule has 0 saturated heterocycles. The van der Waals surface area contributed by atoms with E-state index in [0.717, 1.165) is 35.3 Å². The lowest BCUT2D eigenvalue weighted by Gasteiger charge is -2.30. The maximum Gasteiger partial charge on any atom is 0.189 e. The van der Waals surface area contributed by atoms with Gasteiger partial charge in [0.2, 0.25) is 0 Å². The van der Waals surface area contributed by atoms with E-state index in [1.54, 1.807) is 11.8 Å². The third-order valence-electron chi connectivity index (χ3n) is 4.19. The van der Waals surface area contributed by atoms with Crippen LogP contribution in [0.25, 0.3) is 0 Å². The predicted octanol–water partition coefficient (Wildman–Crippen LogP) is 2.92. The van der Waals surface area contributed by atoms with Gasteiger partial charge in [0.15, 0.2) is 5.17 Å². The molecule has 1 unspecified atom stereocenters. The summed E-state index contributed by atoms with van der Waals surface area (Å²) in [6.45, 7) is 8.45. The summed E-state index contributed by atoms with van der Waals surface area (Å²) in [6, 6.07) is 0. The van der Waals surface area contributed by atoms with Crippen molar-refractivity contribution in [3.63, 3.8) is 0 Å². The Bertz CT molecular complexity index is 656. The van der Waals surface area contributed by atoms with Crippen LogP contribution in [0, 0.1) is 0 Å². The number of aliphatic hydroxyl groups excluding tert-OH is 1. The molecule has 0 aliphatic carbocycles. The first-order valence-corrected chi connectivity index (χ1v) is 11.0. The summed E-state index contributed by atoms with van der Waals surface area (Å²) in [6.07, 6.45) is 1.99. The molecule has 3 aliphatic rings. The van der Waals surface area contributed by atoms with Crippen LogP contribution in [-0.4, -0.2) is 71.4 Å². The molecule has 144 valence electrons. The lowest BCUT2D eigenvalue weighted by Crippen LogP contribution is -2.33. The number of hydrogen-bond acceptors (Lipinski definition) is 7. The van der Waals surface area contributed by atoms with Gasteiger partial charge in [0.1, 0.15) is 11.1 Å². The third kappa shape index (κ3) is 4.78. The van der Waals surface area contributed by atoms with Crippen LogP contribution in [0.4, 0.5) is 0 Å². The molecule has 0 radical (unpaired) electrons. The Morgan fingerprint density at radius 1 is 1.38 bits per heavy atom. The third-order valence-corrected chi connectivity index (χ3v) is 6.59. The molecule has 1 atom stereocenters. The Morgan fingerprint density at radius 2 is 2.23 bits per heavy atom. The molecule has 0 aromatic heterocycles. The molecule has 0 spiro atoms. The molecule has 6 nitrogen and oxygen atoms in total. The summed E-state index contributed by atoms with van der Waals surface area (Å²) < 4.78 is 11.3. The van der Waals surface area contributed by atoms with Crippen molar-refractivity contribution in [1.82, 2.24) is 0 Å². The average Bonchev–Trinajstić information content (AvgIpc) is 2.96. The van der Waals surface area contributed by atoms with Crippen molar-refractivity contribution < 1.29 is 14.6 Å². The fraction of sp³-hybridized carbons (Fsp3) is 0.722. The van der Waals surface area contributed by atoms with Crippen molar-refractivity contribution >= 4 is 40.2 Å². The normalized spacial score (nSPS) is 25.8. The number of aliphatic imine (C=N–C) groups is 3. The largest absolute Gasteiger partial charge is 0.394 e. The highest BCUT2D eigenvalue weighted by molar-refractivity contribution is 8.14. The van der Waals surface area contributed by atoms with Crippen LogP contribution in [0.1, 0.15) is 33.6 Å². The van der Waals surface area contributed by atoms with Crippen LogP contribution in [0.3, 0.4) is 0 Å². The molecule has 0 aromatic rings. The summed E-state index contributed by atoms with van der Waals surface area (Å²) >= 11 is 3.51. The molecule has 26 heavy (non-hydrogen) atoms. The van der Waals surface area contributed by atoms with Gasteiger partial charge in [0, 0.05) is 17.7 Å². The van der Waals surface area contributed by atoms with Gasteiger partial charge in [0.05, 0.1) is 44.3 Å². The summed E-state index contributed by atoms with van der Waals surface area (Å²) in [7, 11) is 0. The zero-order valence-electron chi connectivity index (χ0n) is 15.7. The van der Waals surface area contributed by atoms with Crippen molar-refractivity contribution in [1.29, 1.82) is 0 Å². The molecule has 3 rings (SSSR count). The van der Waals surface area contributed by atoms with E-state index in [4.69, 9.17) is 29.6 Å². The highest BCUT2D eigenvalue weighted by atomic mass is 32.2. The number of amidine groups is 2. The number of fused-ring (bicyclic) bond motifs is 2. The molecule has 0 bridgehead atoms. The van der Waals surface area contributed by atoms with Gasteiger partial charge in [-0.15, -0.1) is 11.8 Å². The minimum absolute atomic E-state index is 0.0360. The SMILES string of the molecule is CCCSC1=NC(=NCCOCCO)C2SC3=C(COC(C)(C)C3)C2=N1. The van der Waals surface area contributed by atoms with Gasteiger partial charge in [-0.2, -0.15) is 0 Å². The molecule has 3 heterocycles. The van der Waals surface area contributed by atoms with E-state index >= 15 is 0 Å². The van der Waals surface area contributed by atoms with E-state index in [1.165, 1.54) is 10.5 Å². The highest BCUT2D eigenvalue weighted by Crippen LogP contribution is 2.46. The van der Waals surface area contributed by atoms with Crippen molar-refractivity contribution in [2.75, 3.05) is 38.7 Å². The quantitative estimate of drug-likeness (QED) is 0.669. The van der Waals surface area contributed by atoms with E-state index in [2.05, 4.69) is 20.8 Å². The predicted molar refractivity (Wildman–Crippen MR) is 111 cm³/mol. The highest BCUT2D eigenvalue weighted by Gasteiger charge is 2.42. The molecule has 0 aromatic carbocycles. The van der Waals surface area contributed by atoms with Gasteiger partial charge >= 0.3 is 0 Å². The average molecular weight is 398 g/mol. The number of ether oxygens (including phenoxy) is 2. The molecular formula is C18H27N3O3S2. The molecule has 0 saturated carbocycles. The second kappa shape index (κ2) is 9.01. The Kier molecular flexibility index (Phi) is 6.96. The molecular weight excluding hydrogens is 370 g/mol. The molecule has 0 fully saturated rings. The maximum atomic E-state index is 8.79. The van der Waals surface area contributed by atoms with E-state index in [1.807, 2.05) is 11.8 Å². The Morgan fingerprint density at radius 3 is 3.00 bits per heavy atom. The van der Waals surface area contributed by atoms with Gasteiger partial charge < -0.3 is 14.6 Å². The van der Waals surface area contributed by atoms with Crippen molar-refractivity contribution in [3.8, 4) is 0 Å². The van der Waals surface area contributed by atoms with Gasteiger partial charge in [0.25, 0.3) is 0 Å². The lowest BCUT2D eigenvalue weighted by atomic mass is 9.96. The number of rotatable bonds is 7. The maximum absolute atomic E-state index is 8.79. The van der Waals surface area contributed by atoms with Crippen LogP contribution in [0.2, 0.25) is 0 Å². The van der Waals surface area contributed by atoms with Crippen molar-refractivity contribution in [2.24, 2.45) is 15.0 Å². The minimum Gasteiger partial charge on any atom is -0.394 e. The van der Waals surface area contributed by atoms with E-state index < -0.39 is 0 Å². The van der Waals surface area contributed by atoms with Crippen LogP contribution < -0.4 is 0 Å². The standard InChI is InChI=1S/C18H27N3O3S2/c1-4-9-25-17-20-14-12-11-24-18(2,3)10-13(12)26-15(14)16(21-17)19-5-7-23-8-6-22/h15,22H,4-11H2,1-3H3. The monoisotopic (exact) mass is 397 g/mol. The summed E-state index contributed by atoms with van der Waals surface area (Å²) in [4.78, 5) is 15.6. The molecule has 1 N–H and O–H groups in total. The fourth-order valence-electron chi connectivity index (χ4n) is 2.93. The zero-order valence-corrected chi connectivity index (χ0v) is 17.3. The van der Waals surface area contributed by atoms with Crippen LogP contribution in [0.5, 0.6) is 0 Å². The fourth-order valence-corrected chi connectivity index (χ4v) is 5.20. The van der Waals surface area contributed by atoms with Crippen LogP contribution in [-0.2, 0) is 9.47 Å². The molecule has 3 aliphatic heterocycles. The summed E-state index contributed by atoms with van der Waals surface area (Å²) in [5, 5.41) is 9.66. The summed E-state index contributed by atoms with van der Waals surface area (Å²) in [5.41, 5.74) is 2.17. The topological polar surface area (TPSA) is 75.8 Å². The zero-order chi connectivity index (χ0) is 18.6. The number of nitrogens with zero attached hydrogens (tertiary/aromatic N) is 3. The van der Waals surface area contributed by atoms with Crippen LogP contribution >= 0.6 is 23.5 Å².